The van der Waals surface area contributed by atoms with Crippen molar-refractivity contribution in [1.82, 2.24) is 4.90 Å². The van der Waals surface area contributed by atoms with Gasteiger partial charge in [0, 0.05) is 0 Å². The molecule has 0 N–H and O–H groups in total. The molecule has 0 bridgehead atoms. The van der Waals surface area contributed by atoms with Gasteiger partial charge >= 0.3 is 0 Å². The zero-order valence-electron chi connectivity index (χ0n) is 10.6. The number of aryl methyl sites for hydroxylation is 2. The lowest BCUT2D eigenvalue weighted by atomic mass is 9.96. The average molecular weight is 216 g/mol. The van der Waals surface area contributed by atoms with Crippen LogP contribution in [0.4, 0.5) is 0 Å². The first-order chi connectivity index (χ1) is 7.65. The maximum Gasteiger partial charge on any atom is 0.124 e. The predicted octanol–water partition coefficient (Wildman–Crippen LogP) is 3.21. The highest BCUT2D eigenvalue weighted by molar-refractivity contribution is 5.38. The Balaban J connectivity index is 3.19. The van der Waals surface area contributed by atoms with Gasteiger partial charge in [-0.15, -0.1) is 0 Å². The van der Waals surface area contributed by atoms with E-state index in [1.807, 2.05) is 6.07 Å². The molecule has 16 heavy (non-hydrogen) atoms. The van der Waals surface area contributed by atoms with Crippen LogP contribution in [0.15, 0.2) is 18.2 Å². The second-order valence-corrected chi connectivity index (χ2v) is 4.06. The van der Waals surface area contributed by atoms with E-state index in [2.05, 4.69) is 50.8 Å². The number of nitrogens with zero attached hydrogens (tertiary/aromatic N) is 2. The van der Waals surface area contributed by atoms with E-state index >= 15 is 0 Å². The summed E-state index contributed by atoms with van der Waals surface area (Å²) in [6.45, 7) is 10.2. The molecule has 0 aliphatic carbocycles. The van der Waals surface area contributed by atoms with E-state index in [1.165, 1.54) is 16.7 Å². The molecule has 2 heteroatoms. The van der Waals surface area contributed by atoms with Gasteiger partial charge in [0.15, 0.2) is 0 Å². The molecule has 0 aliphatic rings. The molecule has 0 saturated carbocycles. The molecular weight excluding hydrogens is 196 g/mol. The molecule has 0 amide bonds. The number of hydrogen-bond acceptors (Lipinski definition) is 2. The van der Waals surface area contributed by atoms with E-state index in [-0.39, 0.29) is 6.04 Å². The Morgan fingerprint density at radius 3 is 2.06 bits per heavy atom. The molecule has 1 aromatic rings. The van der Waals surface area contributed by atoms with Crippen molar-refractivity contribution >= 4 is 0 Å². The second-order valence-electron chi connectivity index (χ2n) is 4.06. The zero-order chi connectivity index (χ0) is 12.1. The van der Waals surface area contributed by atoms with E-state index in [1.54, 1.807) is 0 Å². The van der Waals surface area contributed by atoms with Crippen molar-refractivity contribution in [1.29, 1.82) is 5.26 Å². The van der Waals surface area contributed by atoms with Gasteiger partial charge in [-0.25, -0.2) is 0 Å². The molecule has 0 heterocycles. The van der Waals surface area contributed by atoms with Crippen LogP contribution in [0, 0.1) is 25.2 Å². The Kier molecular flexibility index (Phi) is 4.52. The predicted molar refractivity (Wildman–Crippen MR) is 67.2 cm³/mol. The summed E-state index contributed by atoms with van der Waals surface area (Å²) in [5.74, 6) is 0. The number of rotatable bonds is 4. The SMILES string of the molecule is CCN(CC)C(C#N)c1c(C)cccc1C. The minimum Gasteiger partial charge on any atom is -0.285 e. The van der Waals surface area contributed by atoms with E-state index in [4.69, 9.17) is 0 Å². The topological polar surface area (TPSA) is 27.0 Å². The Hall–Kier alpha value is -1.33. The minimum atomic E-state index is -0.115. The van der Waals surface area contributed by atoms with Crippen molar-refractivity contribution in [2.75, 3.05) is 13.1 Å². The minimum absolute atomic E-state index is 0.115. The zero-order valence-corrected chi connectivity index (χ0v) is 10.6. The lowest BCUT2D eigenvalue weighted by Crippen LogP contribution is -2.28. The fourth-order valence-corrected chi connectivity index (χ4v) is 2.18. The van der Waals surface area contributed by atoms with Crippen molar-refractivity contribution in [3.63, 3.8) is 0 Å². The van der Waals surface area contributed by atoms with Gasteiger partial charge in [0.05, 0.1) is 6.07 Å². The first-order valence-corrected chi connectivity index (χ1v) is 5.85. The van der Waals surface area contributed by atoms with Gasteiger partial charge in [0.25, 0.3) is 0 Å². The highest BCUT2D eigenvalue weighted by atomic mass is 15.1. The molecule has 0 spiro atoms. The summed E-state index contributed by atoms with van der Waals surface area (Å²) < 4.78 is 0. The molecule has 0 saturated heterocycles. The van der Waals surface area contributed by atoms with Crippen molar-refractivity contribution in [2.24, 2.45) is 0 Å². The summed E-state index contributed by atoms with van der Waals surface area (Å²) in [7, 11) is 0. The lowest BCUT2D eigenvalue weighted by molar-refractivity contribution is 0.261. The third-order valence-corrected chi connectivity index (χ3v) is 3.12. The fourth-order valence-electron chi connectivity index (χ4n) is 2.18. The Bertz CT molecular complexity index is 366. The standard InChI is InChI=1S/C14H20N2/c1-5-16(6-2)13(10-15)14-11(3)8-7-9-12(14)4/h7-9,13H,5-6H2,1-4H3. The second kappa shape index (κ2) is 5.67. The van der Waals surface area contributed by atoms with Crippen LogP contribution in [0.3, 0.4) is 0 Å². The van der Waals surface area contributed by atoms with Gasteiger partial charge in [-0.1, -0.05) is 32.0 Å². The highest BCUT2D eigenvalue weighted by Gasteiger charge is 2.20. The lowest BCUT2D eigenvalue weighted by Gasteiger charge is -2.26. The van der Waals surface area contributed by atoms with Crippen molar-refractivity contribution < 1.29 is 0 Å². The van der Waals surface area contributed by atoms with E-state index in [0.29, 0.717) is 0 Å². The first kappa shape index (κ1) is 12.7. The van der Waals surface area contributed by atoms with Gasteiger partial charge < -0.3 is 0 Å². The number of nitriles is 1. The van der Waals surface area contributed by atoms with Gasteiger partial charge in [0.2, 0.25) is 0 Å². The Morgan fingerprint density at radius 2 is 1.69 bits per heavy atom. The largest absolute Gasteiger partial charge is 0.285 e. The molecule has 0 radical (unpaired) electrons. The molecular formula is C14H20N2. The van der Waals surface area contributed by atoms with Crippen LogP contribution in [-0.2, 0) is 0 Å². The van der Waals surface area contributed by atoms with Gasteiger partial charge in [-0.05, 0) is 43.6 Å². The van der Waals surface area contributed by atoms with Crippen molar-refractivity contribution in [2.45, 2.75) is 33.7 Å². The van der Waals surface area contributed by atoms with Crippen LogP contribution in [0.5, 0.6) is 0 Å². The quantitative estimate of drug-likeness (QED) is 0.772. The molecule has 1 atom stereocenters. The third kappa shape index (κ3) is 2.43. The molecule has 0 fully saturated rings. The summed E-state index contributed by atoms with van der Waals surface area (Å²) >= 11 is 0. The Morgan fingerprint density at radius 1 is 1.19 bits per heavy atom. The molecule has 2 nitrogen and oxygen atoms in total. The molecule has 1 unspecified atom stereocenters. The molecule has 0 aromatic heterocycles. The summed E-state index contributed by atoms with van der Waals surface area (Å²) in [6.07, 6.45) is 0. The van der Waals surface area contributed by atoms with E-state index in [0.717, 1.165) is 13.1 Å². The maximum atomic E-state index is 9.37. The van der Waals surface area contributed by atoms with E-state index < -0.39 is 0 Å². The monoisotopic (exact) mass is 216 g/mol. The van der Waals surface area contributed by atoms with Gasteiger partial charge in [0.1, 0.15) is 6.04 Å². The number of benzene rings is 1. The smallest absolute Gasteiger partial charge is 0.124 e. The molecule has 1 aromatic carbocycles. The highest BCUT2D eigenvalue weighted by Crippen LogP contribution is 2.26. The normalized spacial score (nSPS) is 12.5. The van der Waals surface area contributed by atoms with Crippen LogP contribution in [0.25, 0.3) is 0 Å². The molecule has 1 rings (SSSR count). The maximum absolute atomic E-state index is 9.37. The Labute approximate surface area is 98.5 Å². The summed E-state index contributed by atoms with van der Waals surface area (Å²) in [5, 5.41) is 9.37. The fraction of sp³-hybridized carbons (Fsp3) is 0.500. The van der Waals surface area contributed by atoms with Crippen molar-refractivity contribution in [3.05, 3.63) is 34.9 Å². The van der Waals surface area contributed by atoms with Crippen LogP contribution in [0.1, 0.15) is 36.6 Å². The average Bonchev–Trinajstić information content (AvgIpc) is 2.28. The third-order valence-electron chi connectivity index (χ3n) is 3.12. The van der Waals surface area contributed by atoms with Gasteiger partial charge in [-0.2, -0.15) is 5.26 Å². The summed E-state index contributed by atoms with van der Waals surface area (Å²) in [5.41, 5.74) is 3.59. The summed E-state index contributed by atoms with van der Waals surface area (Å²) in [6, 6.07) is 8.52. The van der Waals surface area contributed by atoms with Crippen LogP contribution < -0.4 is 0 Å². The van der Waals surface area contributed by atoms with Gasteiger partial charge in [-0.3, -0.25) is 4.90 Å². The summed E-state index contributed by atoms with van der Waals surface area (Å²) in [4.78, 5) is 2.19. The first-order valence-electron chi connectivity index (χ1n) is 5.85. The molecule has 0 aliphatic heterocycles. The van der Waals surface area contributed by atoms with Crippen molar-refractivity contribution in [3.8, 4) is 6.07 Å². The van der Waals surface area contributed by atoms with Crippen LogP contribution >= 0.6 is 0 Å². The molecule has 86 valence electrons. The van der Waals surface area contributed by atoms with Crippen LogP contribution in [0.2, 0.25) is 0 Å². The number of hydrogen-bond donors (Lipinski definition) is 0. The van der Waals surface area contributed by atoms with Crippen LogP contribution in [-0.4, -0.2) is 18.0 Å². The van der Waals surface area contributed by atoms with E-state index in [9.17, 15) is 5.26 Å².